The van der Waals surface area contributed by atoms with E-state index in [-0.39, 0.29) is 6.03 Å². The number of urea groups is 1. The average molecular weight is 264 g/mol. The second kappa shape index (κ2) is 6.44. The molecule has 1 saturated heterocycles. The molecule has 108 valence electrons. The minimum atomic E-state index is 0.0794. The van der Waals surface area contributed by atoms with E-state index in [1.165, 1.54) is 37.7 Å². The van der Waals surface area contributed by atoms with Crippen molar-refractivity contribution in [2.75, 3.05) is 13.1 Å². The number of carbonyl (C=O) groups is 1. The lowest BCUT2D eigenvalue weighted by Gasteiger charge is -2.34. The third-order valence-electron chi connectivity index (χ3n) is 4.58. The van der Waals surface area contributed by atoms with Gasteiger partial charge in [-0.2, -0.15) is 0 Å². The zero-order chi connectivity index (χ0) is 13.8. The first-order chi connectivity index (χ1) is 9.06. The second-order valence-electron chi connectivity index (χ2n) is 6.67. The molecule has 0 radical (unpaired) electrons. The average Bonchev–Trinajstić information content (AvgIpc) is 2.88. The van der Waals surface area contributed by atoms with Crippen molar-refractivity contribution in [3.05, 3.63) is 11.8 Å². The molecule has 2 fully saturated rings. The fourth-order valence-corrected chi connectivity index (χ4v) is 3.59. The molecule has 1 aliphatic carbocycles. The molecule has 1 aliphatic heterocycles. The summed E-state index contributed by atoms with van der Waals surface area (Å²) in [6.07, 6.45) is 8.44. The van der Waals surface area contributed by atoms with Crippen LogP contribution in [0.15, 0.2) is 11.8 Å². The van der Waals surface area contributed by atoms with Gasteiger partial charge in [0.2, 0.25) is 0 Å². The normalized spacial score (nSPS) is 29.6. The summed E-state index contributed by atoms with van der Waals surface area (Å²) in [4.78, 5) is 14.1. The predicted octanol–water partition coefficient (Wildman–Crippen LogP) is 3.77. The van der Waals surface area contributed by atoms with E-state index in [4.69, 9.17) is 0 Å². The third-order valence-corrected chi connectivity index (χ3v) is 4.58. The van der Waals surface area contributed by atoms with Crippen molar-refractivity contribution < 1.29 is 4.79 Å². The summed E-state index contributed by atoms with van der Waals surface area (Å²) in [7, 11) is 0. The Morgan fingerprint density at radius 2 is 1.74 bits per heavy atom. The molecule has 2 aliphatic rings. The van der Waals surface area contributed by atoms with Crippen LogP contribution >= 0.6 is 0 Å². The van der Waals surface area contributed by atoms with Crippen LogP contribution in [0.3, 0.4) is 0 Å². The number of rotatable bonds is 2. The summed E-state index contributed by atoms with van der Waals surface area (Å²) in [5.74, 6) is 1.93. The van der Waals surface area contributed by atoms with Crippen molar-refractivity contribution in [3.63, 3.8) is 0 Å². The molecule has 0 bridgehead atoms. The lowest BCUT2D eigenvalue weighted by atomic mass is 9.92. The van der Waals surface area contributed by atoms with E-state index in [0.29, 0.717) is 17.8 Å². The van der Waals surface area contributed by atoms with E-state index >= 15 is 0 Å². The number of nitrogens with zero attached hydrogens (tertiary/aromatic N) is 1. The zero-order valence-electron chi connectivity index (χ0n) is 12.6. The van der Waals surface area contributed by atoms with Gasteiger partial charge in [0.25, 0.3) is 0 Å². The van der Waals surface area contributed by atoms with Gasteiger partial charge in [0.15, 0.2) is 0 Å². The Morgan fingerprint density at radius 1 is 1.16 bits per heavy atom. The van der Waals surface area contributed by atoms with E-state index in [0.717, 1.165) is 13.1 Å². The van der Waals surface area contributed by atoms with E-state index < -0.39 is 0 Å². The van der Waals surface area contributed by atoms with Gasteiger partial charge in [-0.05, 0) is 43.9 Å². The quantitative estimate of drug-likeness (QED) is 0.809. The van der Waals surface area contributed by atoms with E-state index in [2.05, 4.69) is 26.1 Å². The molecule has 3 nitrogen and oxygen atoms in total. The van der Waals surface area contributed by atoms with E-state index in [9.17, 15) is 4.79 Å². The molecule has 2 amide bonds. The smallest absolute Gasteiger partial charge is 0.321 e. The molecule has 2 unspecified atom stereocenters. The summed E-state index contributed by atoms with van der Waals surface area (Å²) < 4.78 is 0. The fraction of sp³-hybridized carbons (Fsp3) is 0.812. The van der Waals surface area contributed by atoms with Gasteiger partial charge in [0.05, 0.1) is 0 Å². The summed E-state index contributed by atoms with van der Waals surface area (Å²) in [5.41, 5.74) is 1.34. The molecule has 1 N–H and O–H groups in total. The summed E-state index contributed by atoms with van der Waals surface area (Å²) in [6.45, 7) is 8.40. The number of hydrogen-bond donors (Lipinski definition) is 1. The van der Waals surface area contributed by atoms with Gasteiger partial charge in [-0.15, -0.1) is 0 Å². The lowest BCUT2D eigenvalue weighted by Crippen LogP contribution is -2.46. The van der Waals surface area contributed by atoms with Gasteiger partial charge in [-0.3, -0.25) is 0 Å². The Labute approximate surface area is 117 Å². The maximum Gasteiger partial charge on any atom is 0.321 e. The van der Waals surface area contributed by atoms with Crippen molar-refractivity contribution in [1.82, 2.24) is 10.2 Å². The molecule has 19 heavy (non-hydrogen) atoms. The number of carbonyl (C=O) groups excluding carboxylic acids is 1. The van der Waals surface area contributed by atoms with E-state index in [1.807, 2.05) is 11.1 Å². The van der Waals surface area contributed by atoms with Crippen LogP contribution in [0.5, 0.6) is 0 Å². The largest absolute Gasteiger partial charge is 0.324 e. The SMILES string of the molecule is C/C(=C\NC(=O)N1CC(C)CC(C)C1)C1CCCC1. The van der Waals surface area contributed by atoms with Crippen LogP contribution in [0.2, 0.25) is 0 Å². The van der Waals surface area contributed by atoms with Crippen LogP contribution in [0.4, 0.5) is 4.79 Å². The highest BCUT2D eigenvalue weighted by Gasteiger charge is 2.25. The topological polar surface area (TPSA) is 32.3 Å². The second-order valence-corrected chi connectivity index (χ2v) is 6.67. The summed E-state index contributed by atoms with van der Waals surface area (Å²) in [6, 6.07) is 0.0794. The molecule has 1 heterocycles. The molecular weight excluding hydrogens is 236 g/mol. The Morgan fingerprint density at radius 3 is 2.32 bits per heavy atom. The highest BCUT2D eigenvalue weighted by molar-refractivity contribution is 5.75. The number of nitrogens with one attached hydrogen (secondary N) is 1. The van der Waals surface area contributed by atoms with Gasteiger partial charge in [0, 0.05) is 19.3 Å². The van der Waals surface area contributed by atoms with Crippen molar-refractivity contribution in [2.24, 2.45) is 17.8 Å². The number of hydrogen-bond acceptors (Lipinski definition) is 1. The first-order valence-electron chi connectivity index (χ1n) is 7.78. The number of amides is 2. The van der Waals surface area contributed by atoms with Crippen LogP contribution in [0.1, 0.15) is 52.9 Å². The van der Waals surface area contributed by atoms with Gasteiger partial charge < -0.3 is 10.2 Å². The van der Waals surface area contributed by atoms with Crippen molar-refractivity contribution in [3.8, 4) is 0 Å². The third kappa shape index (κ3) is 3.99. The molecule has 0 aromatic carbocycles. The molecule has 0 aromatic rings. The van der Waals surface area contributed by atoms with Gasteiger partial charge >= 0.3 is 6.03 Å². The minimum Gasteiger partial charge on any atom is -0.324 e. The van der Waals surface area contributed by atoms with Crippen LogP contribution in [-0.4, -0.2) is 24.0 Å². The maximum atomic E-state index is 12.2. The minimum absolute atomic E-state index is 0.0794. The molecule has 0 aromatic heterocycles. The fourth-order valence-electron chi connectivity index (χ4n) is 3.59. The zero-order valence-corrected chi connectivity index (χ0v) is 12.6. The number of piperidine rings is 1. The molecule has 2 rings (SSSR count). The van der Waals surface area contributed by atoms with E-state index in [1.54, 1.807) is 0 Å². The van der Waals surface area contributed by atoms with Gasteiger partial charge in [-0.25, -0.2) is 4.79 Å². The maximum absolute atomic E-state index is 12.2. The summed E-state index contributed by atoms with van der Waals surface area (Å²) in [5, 5.41) is 3.00. The van der Waals surface area contributed by atoms with Crippen LogP contribution in [0, 0.1) is 17.8 Å². The lowest BCUT2D eigenvalue weighted by molar-refractivity contribution is 0.149. The van der Waals surface area contributed by atoms with Crippen molar-refractivity contribution in [2.45, 2.75) is 52.9 Å². The standard InChI is InChI=1S/C16H28N2O/c1-12-8-13(2)11-18(10-12)16(19)17-9-14(3)15-6-4-5-7-15/h9,12-13,15H,4-8,10-11H2,1-3H3,(H,17,19)/b14-9+. The Hall–Kier alpha value is -0.990. The molecule has 3 heteroatoms. The van der Waals surface area contributed by atoms with Crippen LogP contribution < -0.4 is 5.32 Å². The molecule has 2 atom stereocenters. The Bertz CT molecular complexity index is 335. The number of likely N-dealkylation sites (tertiary alicyclic amines) is 1. The van der Waals surface area contributed by atoms with Crippen LogP contribution in [-0.2, 0) is 0 Å². The first-order valence-corrected chi connectivity index (χ1v) is 7.78. The number of allylic oxidation sites excluding steroid dienone is 1. The first kappa shape index (κ1) is 14.4. The Balaban J connectivity index is 1.84. The highest BCUT2D eigenvalue weighted by atomic mass is 16.2. The highest BCUT2D eigenvalue weighted by Crippen LogP contribution is 2.30. The predicted molar refractivity (Wildman–Crippen MR) is 78.8 cm³/mol. The molecule has 1 saturated carbocycles. The van der Waals surface area contributed by atoms with Crippen LogP contribution in [0.25, 0.3) is 0 Å². The van der Waals surface area contributed by atoms with Crippen molar-refractivity contribution in [1.29, 1.82) is 0 Å². The van der Waals surface area contributed by atoms with Gasteiger partial charge in [-0.1, -0.05) is 32.3 Å². The molecular formula is C16H28N2O. The van der Waals surface area contributed by atoms with Gasteiger partial charge in [0.1, 0.15) is 0 Å². The van der Waals surface area contributed by atoms with Crippen molar-refractivity contribution >= 4 is 6.03 Å². The summed E-state index contributed by atoms with van der Waals surface area (Å²) >= 11 is 0. The Kier molecular flexibility index (Phi) is 4.89. The monoisotopic (exact) mass is 264 g/mol. The molecule has 0 spiro atoms.